The number of aromatic nitrogens is 2. The van der Waals surface area contributed by atoms with Crippen molar-refractivity contribution < 1.29 is 9.50 Å². The molecule has 7 nitrogen and oxygen atoms in total. The number of fused-ring (bicyclic) bond motifs is 1. The molecule has 0 saturated heterocycles. The number of para-hydroxylation sites is 3. The van der Waals surface area contributed by atoms with Crippen molar-refractivity contribution in [1.82, 2.24) is 9.55 Å². The standard InChI is InChI=1S/C18H11FN4O3/c19-11-5-1-4-8-14(11)23-17(25)10(16(24)22-18(23)26)9-15-20-12-6-2-3-7-13(12)21-15/h1-9,25H,(H,22,24,26). The van der Waals surface area contributed by atoms with E-state index in [0.29, 0.717) is 15.3 Å². The van der Waals surface area contributed by atoms with Crippen molar-refractivity contribution in [1.29, 1.82) is 0 Å². The Morgan fingerprint density at radius 1 is 1.00 bits per heavy atom. The molecule has 2 N–H and O–H groups in total. The lowest BCUT2D eigenvalue weighted by Gasteiger charge is -2.10. The topological polar surface area (TPSA) is 99.8 Å². The Morgan fingerprint density at radius 3 is 2.27 bits per heavy atom. The summed E-state index contributed by atoms with van der Waals surface area (Å²) in [7, 11) is 0. The second-order valence-electron chi connectivity index (χ2n) is 5.50. The molecule has 0 radical (unpaired) electrons. The monoisotopic (exact) mass is 350 g/mol. The molecular formula is C18H11FN4O3. The fourth-order valence-electron chi connectivity index (χ4n) is 2.64. The van der Waals surface area contributed by atoms with Crippen LogP contribution in [0.25, 0.3) is 11.8 Å². The summed E-state index contributed by atoms with van der Waals surface area (Å²) in [5.41, 5.74) is -2.21. The van der Waals surface area contributed by atoms with E-state index in [1.54, 1.807) is 24.3 Å². The molecule has 26 heavy (non-hydrogen) atoms. The maximum absolute atomic E-state index is 14.0. The molecule has 1 aliphatic heterocycles. The first-order valence-electron chi connectivity index (χ1n) is 7.62. The van der Waals surface area contributed by atoms with Gasteiger partial charge in [-0.05, 0) is 24.3 Å². The zero-order chi connectivity index (χ0) is 18.3. The third kappa shape index (κ3) is 2.53. The normalized spacial score (nSPS) is 12.3. The van der Waals surface area contributed by atoms with E-state index in [4.69, 9.17) is 0 Å². The second-order valence-corrected chi connectivity index (χ2v) is 5.50. The Morgan fingerprint density at radius 2 is 1.62 bits per heavy atom. The van der Waals surface area contributed by atoms with Gasteiger partial charge in [-0.3, -0.25) is 9.78 Å². The number of halogens is 1. The molecule has 0 spiro atoms. The summed E-state index contributed by atoms with van der Waals surface area (Å²) >= 11 is 0. The summed E-state index contributed by atoms with van der Waals surface area (Å²) in [6.07, 6.45) is 1.24. The number of aromatic amines is 1. The molecule has 0 unspecified atom stereocenters. The maximum Gasteiger partial charge on any atom is 0.335 e. The van der Waals surface area contributed by atoms with Crippen LogP contribution in [0, 0.1) is 5.82 Å². The molecule has 2 aromatic carbocycles. The molecule has 0 saturated carbocycles. The van der Waals surface area contributed by atoms with Crippen molar-refractivity contribution in [2.75, 3.05) is 0 Å². The highest BCUT2D eigenvalue weighted by atomic mass is 19.1. The largest absolute Gasteiger partial charge is 0.494 e. The SMILES string of the molecule is O=c1[nH]c(=O)n(-c2ccccc2F)c(O)c1C=C1N=c2ccccc2=N1. The molecule has 8 heteroatoms. The third-order valence-electron chi connectivity index (χ3n) is 3.84. The Hall–Kier alpha value is -3.81. The average Bonchev–Trinajstić information content (AvgIpc) is 3.02. The van der Waals surface area contributed by atoms with Gasteiger partial charge in [0.25, 0.3) is 5.56 Å². The van der Waals surface area contributed by atoms with Crippen molar-refractivity contribution >= 4 is 6.08 Å². The smallest absolute Gasteiger partial charge is 0.335 e. The molecule has 1 aliphatic rings. The van der Waals surface area contributed by atoms with E-state index in [-0.39, 0.29) is 17.1 Å². The molecule has 0 aliphatic carbocycles. The third-order valence-corrected chi connectivity index (χ3v) is 3.84. The zero-order valence-corrected chi connectivity index (χ0v) is 13.2. The Labute approximate surface area is 144 Å². The Balaban J connectivity index is 1.95. The summed E-state index contributed by atoms with van der Waals surface area (Å²) < 4.78 is 14.7. The molecule has 3 aromatic rings. The quantitative estimate of drug-likeness (QED) is 0.709. The number of nitrogens with zero attached hydrogens (tertiary/aromatic N) is 3. The summed E-state index contributed by atoms with van der Waals surface area (Å²) in [4.78, 5) is 34.8. The van der Waals surface area contributed by atoms with E-state index >= 15 is 0 Å². The van der Waals surface area contributed by atoms with Crippen molar-refractivity contribution in [2.45, 2.75) is 0 Å². The highest BCUT2D eigenvalue weighted by Gasteiger charge is 2.17. The minimum atomic E-state index is -0.955. The molecular weight excluding hydrogens is 339 g/mol. The molecule has 4 rings (SSSR count). The lowest BCUT2D eigenvalue weighted by atomic mass is 10.2. The minimum absolute atomic E-state index is 0.186. The van der Waals surface area contributed by atoms with Gasteiger partial charge in [0, 0.05) is 6.08 Å². The van der Waals surface area contributed by atoms with Gasteiger partial charge in [0.15, 0.2) is 5.82 Å². The van der Waals surface area contributed by atoms with Crippen LogP contribution < -0.4 is 22.0 Å². The molecule has 0 fully saturated rings. The molecule has 1 aromatic heterocycles. The van der Waals surface area contributed by atoms with Gasteiger partial charge in [-0.2, -0.15) is 0 Å². The van der Waals surface area contributed by atoms with Gasteiger partial charge in [0.2, 0.25) is 5.88 Å². The van der Waals surface area contributed by atoms with Crippen LogP contribution in [0.3, 0.4) is 0 Å². The van der Waals surface area contributed by atoms with Gasteiger partial charge in [0.05, 0.1) is 16.4 Å². The van der Waals surface area contributed by atoms with Crippen LogP contribution in [0.2, 0.25) is 0 Å². The van der Waals surface area contributed by atoms with E-state index in [1.165, 1.54) is 24.3 Å². The predicted octanol–water partition coefficient (Wildman–Crippen LogP) is 0.622. The molecule has 128 valence electrons. The number of H-pyrrole nitrogens is 1. The zero-order valence-electron chi connectivity index (χ0n) is 13.2. The highest BCUT2D eigenvalue weighted by molar-refractivity contribution is 5.58. The summed E-state index contributed by atoms with van der Waals surface area (Å²) in [6, 6.07) is 12.5. The Bertz CT molecular complexity index is 1270. The number of rotatable bonds is 2. The number of nitrogens with one attached hydrogen (secondary N) is 1. The minimum Gasteiger partial charge on any atom is -0.494 e. The summed E-state index contributed by atoms with van der Waals surface area (Å²) in [5.74, 6) is -1.23. The van der Waals surface area contributed by atoms with Gasteiger partial charge in [-0.15, -0.1) is 0 Å². The van der Waals surface area contributed by atoms with E-state index in [0.717, 1.165) is 6.07 Å². The van der Waals surface area contributed by atoms with Crippen LogP contribution in [-0.2, 0) is 0 Å². The van der Waals surface area contributed by atoms with Crippen LogP contribution >= 0.6 is 0 Å². The fraction of sp³-hybridized carbons (Fsp3) is 0. The van der Waals surface area contributed by atoms with Gasteiger partial charge in [0.1, 0.15) is 11.4 Å². The number of hydrogen-bond donors (Lipinski definition) is 2. The van der Waals surface area contributed by atoms with Crippen LogP contribution in [0.15, 0.2) is 73.9 Å². The van der Waals surface area contributed by atoms with Crippen molar-refractivity contribution in [3.63, 3.8) is 0 Å². The van der Waals surface area contributed by atoms with Gasteiger partial charge in [-0.1, -0.05) is 24.3 Å². The van der Waals surface area contributed by atoms with Gasteiger partial charge >= 0.3 is 5.69 Å². The van der Waals surface area contributed by atoms with Gasteiger partial charge < -0.3 is 5.11 Å². The van der Waals surface area contributed by atoms with E-state index in [1.807, 2.05) is 0 Å². The molecule has 2 heterocycles. The van der Waals surface area contributed by atoms with Crippen molar-refractivity contribution in [3.8, 4) is 11.6 Å². The molecule has 0 amide bonds. The van der Waals surface area contributed by atoms with Crippen LogP contribution in [-0.4, -0.2) is 14.7 Å². The second kappa shape index (κ2) is 5.92. The lowest BCUT2D eigenvalue weighted by Crippen LogP contribution is -2.30. The fourth-order valence-corrected chi connectivity index (χ4v) is 2.64. The summed E-state index contributed by atoms with van der Waals surface area (Å²) in [6.45, 7) is 0. The first-order chi connectivity index (χ1) is 12.5. The first kappa shape index (κ1) is 15.7. The van der Waals surface area contributed by atoms with E-state index in [9.17, 15) is 19.1 Å². The number of hydrogen-bond acceptors (Lipinski definition) is 5. The van der Waals surface area contributed by atoms with Crippen molar-refractivity contribution in [2.24, 2.45) is 9.98 Å². The molecule has 0 bridgehead atoms. The lowest BCUT2D eigenvalue weighted by molar-refractivity contribution is 0.426. The molecule has 0 atom stereocenters. The van der Waals surface area contributed by atoms with Gasteiger partial charge in [-0.25, -0.2) is 23.7 Å². The van der Waals surface area contributed by atoms with Crippen LogP contribution in [0.4, 0.5) is 4.39 Å². The van der Waals surface area contributed by atoms with Crippen LogP contribution in [0.5, 0.6) is 5.88 Å². The van der Waals surface area contributed by atoms with E-state index < -0.39 is 22.9 Å². The first-order valence-corrected chi connectivity index (χ1v) is 7.62. The predicted molar refractivity (Wildman–Crippen MR) is 91.0 cm³/mol. The van der Waals surface area contributed by atoms with Crippen molar-refractivity contribution in [3.05, 3.63) is 97.3 Å². The highest BCUT2D eigenvalue weighted by Crippen LogP contribution is 2.21. The Kier molecular flexibility index (Phi) is 3.58. The number of benzene rings is 2. The summed E-state index contributed by atoms with van der Waals surface area (Å²) in [5, 5.41) is 11.7. The van der Waals surface area contributed by atoms with E-state index in [2.05, 4.69) is 15.0 Å². The average molecular weight is 350 g/mol. The maximum atomic E-state index is 14.0. The van der Waals surface area contributed by atoms with Crippen LogP contribution in [0.1, 0.15) is 5.56 Å². The number of aromatic hydroxyl groups is 1.